The number of rotatable bonds is 6. The van der Waals surface area contributed by atoms with E-state index in [1.54, 1.807) is 0 Å². The van der Waals surface area contributed by atoms with Gasteiger partial charge in [-0.25, -0.2) is 4.79 Å². The van der Waals surface area contributed by atoms with Gasteiger partial charge in [-0.05, 0) is 19.8 Å². The number of carboxylic acid groups (broad SMARTS) is 1. The molecular weight excluding hydrogens is 222 g/mol. The summed E-state index contributed by atoms with van der Waals surface area (Å²) in [7, 11) is 0. The zero-order valence-electron chi connectivity index (χ0n) is 9.93. The van der Waals surface area contributed by atoms with Crippen molar-refractivity contribution in [2.75, 3.05) is 19.6 Å². The van der Waals surface area contributed by atoms with Gasteiger partial charge in [-0.1, -0.05) is 0 Å². The molecule has 2 amide bonds. The summed E-state index contributed by atoms with van der Waals surface area (Å²) in [6.45, 7) is 2.41. The fraction of sp³-hybridized carbons (Fsp3) is 0.727. The fourth-order valence-electron chi connectivity index (χ4n) is 1.64. The number of aliphatic carboxylic acids is 1. The summed E-state index contributed by atoms with van der Waals surface area (Å²) >= 11 is 0. The van der Waals surface area contributed by atoms with Crippen LogP contribution in [-0.4, -0.2) is 52.6 Å². The molecule has 0 spiro atoms. The molecule has 0 aliphatic heterocycles. The van der Waals surface area contributed by atoms with Crippen LogP contribution in [-0.2, 0) is 4.79 Å². The largest absolute Gasteiger partial charge is 0.480 e. The molecule has 1 N–H and O–H groups in total. The third-order valence-electron chi connectivity index (χ3n) is 2.68. The summed E-state index contributed by atoms with van der Waals surface area (Å²) in [6, 6.07) is 1.78. The van der Waals surface area contributed by atoms with Gasteiger partial charge in [-0.3, -0.25) is 4.79 Å². The lowest BCUT2D eigenvalue weighted by Crippen LogP contribution is -2.46. The molecule has 0 aromatic rings. The first kappa shape index (κ1) is 13.3. The highest BCUT2D eigenvalue weighted by Crippen LogP contribution is 2.27. The van der Waals surface area contributed by atoms with Crippen LogP contribution in [0.2, 0.25) is 0 Å². The lowest BCUT2D eigenvalue weighted by Gasteiger charge is -2.28. The summed E-state index contributed by atoms with van der Waals surface area (Å²) in [5.74, 6) is -0.999. The Balaban J connectivity index is 2.61. The molecule has 0 aromatic heterocycles. The molecule has 0 unspecified atom stereocenters. The third-order valence-corrected chi connectivity index (χ3v) is 2.68. The Kier molecular flexibility index (Phi) is 4.76. The molecule has 0 heterocycles. The van der Waals surface area contributed by atoms with Crippen LogP contribution in [0.25, 0.3) is 0 Å². The van der Waals surface area contributed by atoms with Crippen molar-refractivity contribution in [2.24, 2.45) is 0 Å². The van der Waals surface area contributed by atoms with Crippen LogP contribution in [0.4, 0.5) is 4.79 Å². The number of urea groups is 1. The number of carboxylic acids is 1. The van der Waals surface area contributed by atoms with E-state index in [1.807, 2.05) is 13.0 Å². The standard InChI is InChI=1S/C11H17N3O3/c1-2-13(7-3-6-12)11(17)14(8-10(15)16)9-4-5-9/h9H,2-5,7-8H2,1H3,(H,15,16). The maximum atomic E-state index is 12.1. The second-order valence-electron chi connectivity index (χ2n) is 4.02. The molecule has 1 aliphatic carbocycles. The van der Waals surface area contributed by atoms with Gasteiger partial charge in [0.2, 0.25) is 0 Å². The number of hydrogen-bond acceptors (Lipinski definition) is 3. The summed E-state index contributed by atoms with van der Waals surface area (Å²) < 4.78 is 0. The Hall–Kier alpha value is -1.77. The van der Waals surface area contributed by atoms with E-state index in [9.17, 15) is 9.59 Å². The van der Waals surface area contributed by atoms with E-state index in [-0.39, 0.29) is 25.0 Å². The molecule has 6 heteroatoms. The highest BCUT2D eigenvalue weighted by Gasteiger charge is 2.35. The van der Waals surface area contributed by atoms with Gasteiger partial charge in [0.25, 0.3) is 0 Å². The van der Waals surface area contributed by atoms with Crippen molar-refractivity contribution in [3.8, 4) is 6.07 Å². The highest BCUT2D eigenvalue weighted by molar-refractivity contribution is 5.80. The van der Waals surface area contributed by atoms with E-state index >= 15 is 0 Å². The van der Waals surface area contributed by atoms with Crippen LogP contribution >= 0.6 is 0 Å². The van der Waals surface area contributed by atoms with Crippen molar-refractivity contribution in [3.63, 3.8) is 0 Å². The molecule has 0 saturated heterocycles. The van der Waals surface area contributed by atoms with Gasteiger partial charge in [-0.15, -0.1) is 0 Å². The second kappa shape index (κ2) is 6.09. The highest BCUT2D eigenvalue weighted by atomic mass is 16.4. The van der Waals surface area contributed by atoms with E-state index in [1.165, 1.54) is 9.80 Å². The first-order valence-corrected chi connectivity index (χ1v) is 5.74. The zero-order valence-corrected chi connectivity index (χ0v) is 9.93. The smallest absolute Gasteiger partial charge is 0.323 e. The van der Waals surface area contributed by atoms with Gasteiger partial charge >= 0.3 is 12.0 Å². The molecule has 0 bridgehead atoms. The number of carbonyl (C=O) groups is 2. The minimum atomic E-state index is -0.999. The van der Waals surface area contributed by atoms with Crippen LogP contribution < -0.4 is 0 Å². The first-order chi connectivity index (χ1) is 8.10. The lowest BCUT2D eigenvalue weighted by atomic mass is 10.4. The van der Waals surface area contributed by atoms with E-state index in [0.29, 0.717) is 13.1 Å². The molecule has 1 saturated carbocycles. The molecule has 0 aromatic carbocycles. The van der Waals surface area contributed by atoms with Crippen LogP contribution in [0.3, 0.4) is 0 Å². The van der Waals surface area contributed by atoms with Crippen molar-refractivity contribution in [3.05, 3.63) is 0 Å². The van der Waals surface area contributed by atoms with Crippen LogP contribution in [0.15, 0.2) is 0 Å². The van der Waals surface area contributed by atoms with E-state index < -0.39 is 5.97 Å². The van der Waals surface area contributed by atoms with Crippen molar-refractivity contribution in [1.29, 1.82) is 5.26 Å². The Bertz CT molecular complexity index is 333. The minimum absolute atomic E-state index is 0.0646. The van der Waals surface area contributed by atoms with Crippen molar-refractivity contribution >= 4 is 12.0 Å². The second-order valence-corrected chi connectivity index (χ2v) is 4.02. The summed E-state index contributed by atoms with van der Waals surface area (Å²) in [5.41, 5.74) is 0. The van der Waals surface area contributed by atoms with Gasteiger partial charge in [0, 0.05) is 19.1 Å². The quantitative estimate of drug-likeness (QED) is 0.746. The van der Waals surface area contributed by atoms with Gasteiger partial charge in [0.15, 0.2) is 0 Å². The number of amides is 2. The number of nitrogens with zero attached hydrogens (tertiary/aromatic N) is 3. The fourth-order valence-corrected chi connectivity index (χ4v) is 1.64. The number of hydrogen-bond donors (Lipinski definition) is 1. The maximum absolute atomic E-state index is 12.1. The Morgan fingerprint density at radius 3 is 2.53 bits per heavy atom. The van der Waals surface area contributed by atoms with Gasteiger partial charge in [0.1, 0.15) is 6.54 Å². The Labute approximate surface area is 100 Å². The molecule has 1 aliphatic rings. The molecule has 0 atom stereocenters. The normalized spacial score (nSPS) is 13.9. The minimum Gasteiger partial charge on any atom is -0.480 e. The SMILES string of the molecule is CCN(CCC#N)C(=O)N(CC(=O)O)C1CC1. The molecule has 0 radical (unpaired) electrons. The van der Waals surface area contributed by atoms with Gasteiger partial charge in [0.05, 0.1) is 12.5 Å². The number of carbonyl (C=O) groups excluding carboxylic acids is 1. The average molecular weight is 239 g/mol. The van der Waals surface area contributed by atoms with Crippen molar-refractivity contribution < 1.29 is 14.7 Å². The van der Waals surface area contributed by atoms with E-state index in [4.69, 9.17) is 10.4 Å². The molecule has 17 heavy (non-hydrogen) atoms. The van der Waals surface area contributed by atoms with Crippen molar-refractivity contribution in [1.82, 2.24) is 9.80 Å². The zero-order chi connectivity index (χ0) is 12.8. The van der Waals surface area contributed by atoms with Crippen LogP contribution in [0.1, 0.15) is 26.2 Å². The molecule has 94 valence electrons. The Morgan fingerprint density at radius 1 is 1.47 bits per heavy atom. The summed E-state index contributed by atoms with van der Waals surface area (Å²) in [5, 5.41) is 17.3. The van der Waals surface area contributed by atoms with E-state index in [2.05, 4.69) is 0 Å². The first-order valence-electron chi connectivity index (χ1n) is 5.74. The maximum Gasteiger partial charge on any atom is 0.323 e. The molecular formula is C11H17N3O3. The topological polar surface area (TPSA) is 84.6 Å². The average Bonchev–Trinajstić information content (AvgIpc) is 3.10. The summed E-state index contributed by atoms with van der Waals surface area (Å²) in [4.78, 5) is 25.7. The molecule has 1 fully saturated rings. The van der Waals surface area contributed by atoms with Gasteiger partial charge < -0.3 is 14.9 Å². The van der Waals surface area contributed by atoms with Crippen LogP contribution in [0, 0.1) is 11.3 Å². The molecule has 6 nitrogen and oxygen atoms in total. The number of nitriles is 1. The summed E-state index contributed by atoms with van der Waals surface area (Å²) in [6.07, 6.45) is 2.01. The van der Waals surface area contributed by atoms with E-state index in [0.717, 1.165) is 12.8 Å². The third kappa shape index (κ3) is 3.94. The predicted molar refractivity (Wildman–Crippen MR) is 60.2 cm³/mol. The Morgan fingerprint density at radius 2 is 2.12 bits per heavy atom. The van der Waals surface area contributed by atoms with Crippen molar-refractivity contribution in [2.45, 2.75) is 32.2 Å². The van der Waals surface area contributed by atoms with Crippen LogP contribution in [0.5, 0.6) is 0 Å². The van der Waals surface area contributed by atoms with Gasteiger partial charge in [-0.2, -0.15) is 5.26 Å². The molecule has 1 rings (SSSR count). The predicted octanol–water partition coefficient (Wildman–Crippen LogP) is 0.891. The monoisotopic (exact) mass is 239 g/mol. The lowest BCUT2D eigenvalue weighted by molar-refractivity contribution is -0.137.